The Bertz CT molecular complexity index is 601. The number of benzene rings is 2. The van der Waals surface area contributed by atoms with E-state index in [1.165, 1.54) is 12.1 Å². The Labute approximate surface area is 120 Å². The van der Waals surface area contributed by atoms with Crippen molar-refractivity contribution in [1.29, 1.82) is 0 Å². The van der Waals surface area contributed by atoms with Crippen molar-refractivity contribution in [3.8, 4) is 5.75 Å². The number of ether oxygens (including phenoxy) is 1. The molecule has 2 N–H and O–H groups in total. The van der Waals surface area contributed by atoms with Crippen LogP contribution in [0.3, 0.4) is 0 Å². The minimum atomic E-state index is -0.419. The highest BCUT2D eigenvalue weighted by atomic mass is 79.9. The number of rotatable bonds is 3. The lowest BCUT2D eigenvalue weighted by Gasteiger charge is -2.17. The summed E-state index contributed by atoms with van der Waals surface area (Å²) in [6.07, 6.45) is 0. The summed E-state index contributed by atoms with van der Waals surface area (Å²) in [6.45, 7) is 1.99. The smallest absolute Gasteiger partial charge is 0.124 e. The Kier molecular flexibility index (Phi) is 4.22. The van der Waals surface area contributed by atoms with Gasteiger partial charge in [0.2, 0.25) is 0 Å². The van der Waals surface area contributed by atoms with Gasteiger partial charge in [-0.15, -0.1) is 0 Å². The summed E-state index contributed by atoms with van der Waals surface area (Å²) in [4.78, 5) is 0. The summed E-state index contributed by atoms with van der Waals surface area (Å²) in [5.74, 6) is 0.273. The van der Waals surface area contributed by atoms with Gasteiger partial charge < -0.3 is 10.5 Å². The second-order valence-corrected chi connectivity index (χ2v) is 5.23. The molecule has 2 nitrogen and oxygen atoms in total. The SMILES string of the molecule is COc1ccc(F)cc1C(N)c1ccc(Br)c(C)c1. The topological polar surface area (TPSA) is 35.2 Å². The fraction of sp³-hybridized carbons (Fsp3) is 0.200. The van der Waals surface area contributed by atoms with Crippen LogP contribution in [0.1, 0.15) is 22.7 Å². The van der Waals surface area contributed by atoms with Crippen molar-refractivity contribution in [2.24, 2.45) is 5.73 Å². The first-order chi connectivity index (χ1) is 9.02. The van der Waals surface area contributed by atoms with E-state index >= 15 is 0 Å². The Hall–Kier alpha value is -1.39. The maximum absolute atomic E-state index is 13.4. The molecule has 1 atom stereocenters. The fourth-order valence-corrected chi connectivity index (χ4v) is 2.24. The molecule has 0 spiro atoms. The number of methoxy groups -OCH3 is 1. The molecule has 0 heterocycles. The Morgan fingerprint density at radius 2 is 1.95 bits per heavy atom. The van der Waals surface area contributed by atoms with E-state index in [0.717, 1.165) is 15.6 Å². The van der Waals surface area contributed by atoms with E-state index in [2.05, 4.69) is 15.9 Å². The van der Waals surface area contributed by atoms with Gasteiger partial charge in [0, 0.05) is 10.0 Å². The van der Waals surface area contributed by atoms with Gasteiger partial charge in [-0.25, -0.2) is 4.39 Å². The third-order valence-corrected chi connectivity index (χ3v) is 3.96. The van der Waals surface area contributed by atoms with Gasteiger partial charge in [0.1, 0.15) is 11.6 Å². The van der Waals surface area contributed by atoms with Crippen LogP contribution in [0.2, 0.25) is 0 Å². The number of nitrogens with two attached hydrogens (primary N) is 1. The summed E-state index contributed by atoms with van der Waals surface area (Å²) in [5.41, 5.74) is 8.87. The van der Waals surface area contributed by atoms with Crippen LogP contribution in [0, 0.1) is 12.7 Å². The molecule has 0 saturated carbocycles. The summed E-state index contributed by atoms with van der Waals surface area (Å²) in [5, 5.41) is 0. The first-order valence-corrected chi connectivity index (χ1v) is 6.67. The van der Waals surface area contributed by atoms with Crippen molar-refractivity contribution in [3.05, 3.63) is 63.4 Å². The standard InChI is InChI=1S/C15H15BrFNO/c1-9-7-10(3-5-13(9)16)15(18)12-8-11(17)4-6-14(12)19-2/h3-8,15H,18H2,1-2H3. The first-order valence-electron chi connectivity index (χ1n) is 5.88. The molecule has 0 fully saturated rings. The van der Waals surface area contributed by atoms with E-state index < -0.39 is 6.04 Å². The van der Waals surface area contributed by atoms with Gasteiger partial charge in [-0.3, -0.25) is 0 Å². The van der Waals surface area contributed by atoms with E-state index in [1.54, 1.807) is 13.2 Å². The summed E-state index contributed by atoms with van der Waals surface area (Å²) < 4.78 is 19.6. The highest BCUT2D eigenvalue weighted by Gasteiger charge is 2.15. The summed E-state index contributed by atoms with van der Waals surface area (Å²) in [6, 6.07) is 9.80. The van der Waals surface area contributed by atoms with Crippen molar-refractivity contribution in [2.45, 2.75) is 13.0 Å². The average molecular weight is 324 g/mol. The minimum absolute atomic E-state index is 0.319. The molecule has 0 amide bonds. The number of hydrogen-bond acceptors (Lipinski definition) is 2. The number of hydrogen-bond donors (Lipinski definition) is 1. The lowest BCUT2D eigenvalue weighted by molar-refractivity contribution is 0.406. The molecule has 2 rings (SSSR count). The maximum atomic E-state index is 13.4. The van der Waals surface area contributed by atoms with Crippen LogP contribution >= 0.6 is 15.9 Å². The van der Waals surface area contributed by atoms with Crippen molar-refractivity contribution in [2.75, 3.05) is 7.11 Å². The lowest BCUT2D eigenvalue weighted by atomic mass is 9.97. The third kappa shape index (κ3) is 2.96. The van der Waals surface area contributed by atoms with Crippen molar-refractivity contribution in [1.82, 2.24) is 0 Å². The molecule has 19 heavy (non-hydrogen) atoms. The zero-order valence-corrected chi connectivity index (χ0v) is 12.4. The minimum Gasteiger partial charge on any atom is -0.496 e. The van der Waals surface area contributed by atoms with Crippen LogP contribution in [0.25, 0.3) is 0 Å². The van der Waals surface area contributed by atoms with Crippen molar-refractivity contribution < 1.29 is 9.13 Å². The van der Waals surface area contributed by atoms with E-state index in [-0.39, 0.29) is 5.82 Å². The predicted molar refractivity (Wildman–Crippen MR) is 77.9 cm³/mol. The van der Waals surface area contributed by atoms with Crippen molar-refractivity contribution in [3.63, 3.8) is 0 Å². The van der Waals surface area contributed by atoms with Gasteiger partial charge in [-0.2, -0.15) is 0 Å². The van der Waals surface area contributed by atoms with Gasteiger partial charge >= 0.3 is 0 Å². The van der Waals surface area contributed by atoms with Crippen LogP contribution in [0.4, 0.5) is 4.39 Å². The molecule has 2 aromatic rings. The Morgan fingerprint density at radius 1 is 1.21 bits per heavy atom. The van der Waals surface area contributed by atoms with Gasteiger partial charge in [0.15, 0.2) is 0 Å². The Balaban J connectivity index is 2.45. The van der Waals surface area contributed by atoms with E-state index in [1.807, 2.05) is 25.1 Å². The van der Waals surface area contributed by atoms with Gasteiger partial charge in [0.25, 0.3) is 0 Å². The zero-order chi connectivity index (χ0) is 14.0. The maximum Gasteiger partial charge on any atom is 0.124 e. The first kappa shape index (κ1) is 14.0. The molecular weight excluding hydrogens is 309 g/mol. The highest BCUT2D eigenvalue weighted by Crippen LogP contribution is 2.30. The second kappa shape index (κ2) is 5.72. The van der Waals surface area contributed by atoms with Crippen LogP contribution < -0.4 is 10.5 Å². The molecule has 0 aliphatic rings. The summed E-state index contributed by atoms with van der Waals surface area (Å²) in [7, 11) is 1.55. The molecule has 0 saturated heterocycles. The molecular formula is C15H15BrFNO. The molecule has 0 aliphatic heterocycles. The fourth-order valence-electron chi connectivity index (χ4n) is 1.99. The van der Waals surface area contributed by atoms with Crippen molar-refractivity contribution >= 4 is 15.9 Å². The second-order valence-electron chi connectivity index (χ2n) is 4.37. The van der Waals surface area contributed by atoms with Gasteiger partial charge in [-0.05, 0) is 42.3 Å². The number of aryl methyl sites for hydroxylation is 1. The molecule has 0 aliphatic carbocycles. The average Bonchev–Trinajstić information content (AvgIpc) is 2.41. The van der Waals surface area contributed by atoms with Crippen LogP contribution in [0.5, 0.6) is 5.75 Å². The molecule has 1 unspecified atom stereocenters. The summed E-state index contributed by atoms with van der Waals surface area (Å²) >= 11 is 3.45. The molecule has 100 valence electrons. The van der Waals surface area contributed by atoms with E-state index in [4.69, 9.17) is 10.5 Å². The van der Waals surface area contributed by atoms with Crippen LogP contribution in [-0.2, 0) is 0 Å². The Morgan fingerprint density at radius 3 is 2.58 bits per heavy atom. The van der Waals surface area contributed by atoms with E-state index in [0.29, 0.717) is 11.3 Å². The van der Waals surface area contributed by atoms with Crippen LogP contribution in [-0.4, -0.2) is 7.11 Å². The molecule has 2 aromatic carbocycles. The lowest BCUT2D eigenvalue weighted by Crippen LogP contribution is -2.13. The van der Waals surface area contributed by atoms with Crippen LogP contribution in [0.15, 0.2) is 40.9 Å². The third-order valence-electron chi connectivity index (χ3n) is 3.07. The molecule has 0 bridgehead atoms. The largest absolute Gasteiger partial charge is 0.496 e. The molecule has 4 heteroatoms. The zero-order valence-electron chi connectivity index (χ0n) is 10.8. The highest BCUT2D eigenvalue weighted by molar-refractivity contribution is 9.10. The van der Waals surface area contributed by atoms with Gasteiger partial charge in [-0.1, -0.05) is 28.1 Å². The molecule has 0 radical (unpaired) electrons. The normalized spacial score (nSPS) is 12.3. The molecule has 0 aromatic heterocycles. The predicted octanol–water partition coefficient (Wildman–Crippen LogP) is 3.95. The van der Waals surface area contributed by atoms with Gasteiger partial charge in [0.05, 0.1) is 13.2 Å². The quantitative estimate of drug-likeness (QED) is 0.928. The monoisotopic (exact) mass is 323 g/mol. The van der Waals surface area contributed by atoms with E-state index in [9.17, 15) is 4.39 Å². The number of halogens is 2.